The summed E-state index contributed by atoms with van der Waals surface area (Å²) in [5, 5.41) is 20.3. The second-order valence-electron chi connectivity index (χ2n) is 8.42. The molecule has 2 rings (SSSR count). The van der Waals surface area contributed by atoms with Crippen LogP contribution in [0.4, 0.5) is 5.82 Å². The minimum absolute atomic E-state index is 0.0869. The van der Waals surface area contributed by atoms with Gasteiger partial charge in [0.1, 0.15) is 23.9 Å². The van der Waals surface area contributed by atoms with Gasteiger partial charge in [-0.25, -0.2) is 4.79 Å². The van der Waals surface area contributed by atoms with Crippen LogP contribution >= 0.6 is 0 Å². The van der Waals surface area contributed by atoms with Gasteiger partial charge in [-0.05, 0) is 29.6 Å². The van der Waals surface area contributed by atoms with E-state index in [4.69, 9.17) is 19.6 Å². The number of nitrogen functional groups attached to an aromatic ring is 1. The van der Waals surface area contributed by atoms with Crippen LogP contribution in [0.25, 0.3) is 0 Å². The topological polar surface area (TPSA) is 133 Å². The highest BCUT2D eigenvalue weighted by Crippen LogP contribution is 2.40. The molecule has 0 bridgehead atoms. The average molecular weight is 439 g/mol. The fourth-order valence-corrected chi connectivity index (χ4v) is 8.73. The summed E-state index contributed by atoms with van der Waals surface area (Å²) >= 11 is 0. The summed E-state index contributed by atoms with van der Waals surface area (Å²) in [5.41, 5.74) is 5.64. The van der Waals surface area contributed by atoms with Crippen molar-refractivity contribution in [1.29, 1.82) is 5.26 Å². The third kappa shape index (κ3) is 5.10. The first-order valence-electron chi connectivity index (χ1n) is 10.4. The minimum atomic E-state index is -2.19. The number of aromatic nitrogens is 2. The van der Waals surface area contributed by atoms with E-state index in [2.05, 4.69) is 38.7 Å². The molecular formula is C20H34N4O5Si. The first-order chi connectivity index (χ1) is 14.2. The molecule has 0 unspecified atom stereocenters. The number of aliphatic hydroxyl groups is 1. The van der Waals surface area contributed by atoms with Crippen LogP contribution in [0.2, 0.25) is 17.1 Å². The summed E-state index contributed by atoms with van der Waals surface area (Å²) in [7, 11) is -0.500. The Morgan fingerprint density at radius 2 is 2.07 bits per heavy atom. The van der Waals surface area contributed by atoms with Gasteiger partial charge in [0.25, 0.3) is 0 Å². The molecule has 0 amide bonds. The van der Waals surface area contributed by atoms with Crippen molar-refractivity contribution in [3.63, 3.8) is 0 Å². The van der Waals surface area contributed by atoms with Gasteiger partial charge in [-0.2, -0.15) is 10.2 Å². The van der Waals surface area contributed by atoms with Crippen LogP contribution in [0.5, 0.6) is 0 Å². The van der Waals surface area contributed by atoms with Crippen LogP contribution in [0, 0.1) is 17.2 Å². The first-order valence-corrected chi connectivity index (χ1v) is 12.7. The number of methoxy groups -OCH3 is 1. The molecule has 1 fully saturated rings. The van der Waals surface area contributed by atoms with Crippen LogP contribution in [0.15, 0.2) is 17.1 Å². The monoisotopic (exact) mass is 438 g/mol. The summed E-state index contributed by atoms with van der Waals surface area (Å²) in [6.07, 6.45) is -0.391. The maximum Gasteiger partial charge on any atom is 0.351 e. The van der Waals surface area contributed by atoms with Crippen molar-refractivity contribution in [1.82, 2.24) is 9.55 Å². The fourth-order valence-electron chi connectivity index (χ4n) is 4.26. The van der Waals surface area contributed by atoms with Gasteiger partial charge >= 0.3 is 5.69 Å². The fraction of sp³-hybridized carbons (Fsp3) is 0.750. The molecule has 0 radical (unpaired) electrons. The molecule has 30 heavy (non-hydrogen) atoms. The smallest absolute Gasteiger partial charge is 0.351 e. The number of ether oxygens (including phenoxy) is 2. The van der Waals surface area contributed by atoms with Gasteiger partial charge in [0, 0.05) is 19.9 Å². The first kappa shape index (κ1) is 24.5. The molecule has 1 saturated heterocycles. The number of nitrogens with zero attached hydrogens (tertiary/aromatic N) is 3. The molecule has 1 aromatic rings. The van der Waals surface area contributed by atoms with Crippen molar-refractivity contribution in [3.8, 4) is 6.07 Å². The zero-order valence-corrected chi connectivity index (χ0v) is 19.4. The van der Waals surface area contributed by atoms with Gasteiger partial charge in [0.2, 0.25) is 0 Å². The van der Waals surface area contributed by atoms with E-state index >= 15 is 0 Å². The van der Waals surface area contributed by atoms with Crippen molar-refractivity contribution in [2.24, 2.45) is 5.92 Å². The molecule has 10 heteroatoms. The number of nitriles is 1. The summed E-state index contributed by atoms with van der Waals surface area (Å²) in [6, 6.07) is 4.46. The van der Waals surface area contributed by atoms with Crippen LogP contribution < -0.4 is 11.4 Å². The summed E-state index contributed by atoms with van der Waals surface area (Å²) in [4.78, 5) is 15.9. The SMILES string of the molecule is COCCC[Si](OC[C@H]1O[C@@H](n2ccc(N)nc2=O)[C@@H](C#N)[C@@H]1O)(C(C)C)C(C)C. The van der Waals surface area contributed by atoms with E-state index in [1.54, 1.807) is 7.11 Å². The molecule has 1 aromatic heterocycles. The highest BCUT2D eigenvalue weighted by molar-refractivity contribution is 6.76. The second kappa shape index (κ2) is 10.5. The van der Waals surface area contributed by atoms with E-state index in [9.17, 15) is 15.2 Å². The molecule has 168 valence electrons. The van der Waals surface area contributed by atoms with E-state index in [0.717, 1.165) is 12.5 Å². The maximum absolute atomic E-state index is 12.2. The Bertz CT molecular complexity index is 786. The lowest BCUT2D eigenvalue weighted by molar-refractivity contribution is -0.0447. The van der Waals surface area contributed by atoms with Crippen LogP contribution in [-0.4, -0.2) is 55.5 Å². The number of rotatable bonds is 10. The van der Waals surface area contributed by atoms with Gasteiger partial charge in [0.05, 0.1) is 12.7 Å². The number of aliphatic hydroxyl groups excluding tert-OH is 1. The largest absolute Gasteiger partial charge is 0.414 e. The van der Waals surface area contributed by atoms with Gasteiger partial charge in [-0.3, -0.25) is 4.57 Å². The normalized spacial score (nSPS) is 24.5. The van der Waals surface area contributed by atoms with Gasteiger partial charge in [0.15, 0.2) is 14.5 Å². The predicted octanol–water partition coefficient (Wildman–Crippen LogP) is 2.04. The average Bonchev–Trinajstić information content (AvgIpc) is 2.99. The molecule has 3 N–H and O–H groups in total. The molecule has 1 aliphatic heterocycles. The maximum atomic E-state index is 12.2. The quantitative estimate of drug-likeness (QED) is 0.419. The lowest BCUT2D eigenvalue weighted by Crippen LogP contribution is -2.47. The molecular weight excluding hydrogens is 404 g/mol. The van der Waals surface area contributed by atoms with Gasteiger partial charge < -0.3 is 24.7 Å². The van der Waals surface area contributed by atoms with E-state index in [1.807, 2.05) is 0 Å². The summed E-state index contributed by atoms with van der Waals surface area (Å²) in [6.45, 7) is 9.53. The Balaban J connectivity index is 2.20. The van der Waals surface area contributed by atoms with Crippen molar-refractivity contribution >= 4 is 14.1 Å². The van der Waals surface area contributed by atoms with E-state index in [0.29, 0.717) is 17.7 Å². The predicted molar refractivity (Wildman–Crippen MR) is 115 cm³/mol. The number of hydrogen-bond donors (Lipinski definition) is 2. The van der Waals surface area contributed by atoms with E-state index < -0.39 is 38.4 Å². The summed E-state index contributed by atoms with van der Waals surface area (Å²) in [5.74, 6) is -0.826. The van der Waals surface area contributed by atoms with Gasteiger partial charge in [-0.15, -0.1) is 0 Å². The molecule has 9 nitrogen and oxygen atoms in total. The Morgan fingerprint density at radius 3 is 2.60 bits per heavy atom. The Morgan fingerprint density at radius 1 is 1.40 bits per heavy atom. The third-order valence-electron chi connectivity index (χ3n) is 6.03. The lowest BCUT2D eigenvalue weighted by Gasteiger charge is -2.39. The highest BCUT2D eigenvalue weighted by Gasteiger charge is 2.48. The molecule has 0 aromatic carbocycles. The van der Waals surface area contributed by atoms with Crippen LogP contribution in [0.1, 0.15) is 40.3 Å². The van der Waals surface area contributed by atoms with Crippen molar-refractivity contribution < 1.29 is 19.0 Å². The van der Waals surface area contributed by atoms with Crippen LogP contribution in [0.3, 0.4) is 0 Å². The van der Waals surface area contributed by atoms with Crippen LogP contribution in [-0.2, 0) is 13.9 Å². The lowest BCUT2D eigenvalue weighted by atomic mass is 10.0. The zero-order valence-electron chi connectivity index (χ0n) is 18.4. The molecule has 4 atom stereocenters. The Labute approximate surface area is 178 Å². The zero-order chi connectivity index (χ0) is 22.5. The van der Waals surface area contributed by atoms with Crippen molar-refractivity contribution in [2.75, 3.05) is 26.1 Å². The number of nitrogens with two attached hydrogens (primary N) is 1. The number of anilines is 1. The van der Waals surface area contributed by atoms with Gasteiger partial charge in [-0.1, -0.05) is 27.7 Å². The molecule has 0 aliphatic carbocycles. The molecule has 0 saturated carbocycles. The van der Waals surface area contributed by atoms with E-state index in [-0.39, 0.29) is 12.4 Å². The third-order valence-corrected chi connectivity index (χ3v) is 11.8. The summed E-state index contributed by atoms with van der Waals surface area (Å²) < 4.78 is 18.9. The standard InChI is InChI=1S/C20H34N4O5Si/c1-13(2)30(14(3)4,10-6-9-27-5)28-12-16-18(25)15(11-21)19(29-16)24-8-7-17(22)23-20(24)26/h7-8,13-16,18-19,25H,6,9-10,12H2,1-5H3,(H2,22,23,26)/t15-,16+,18-,19+/m0/s1. The molecule has 1 aliphatic rings. The highest BCUT2D eigenvalue weighted by atomic mass is 28.4. The minimum Gasteiger partial charge on any atom is -0.414 e. The molecule has 0 spiro atoms. The van der Waals surface area contributed by atoms with E-state index in [1.165, 1.54) is 16.8 Å². The van der Waals surface area contributed by atoms with Crippen molar-refractivity contribution in [3.05, 3.63) is 22.7 Å². The molecule has 2 heterocycles. The van der Waals surface area contributed by atoms with Crippen molar-refractivity contribution in [2.45, 2.75) is 69.7 Å². The second-order valence-corrected chi connectivity index (χ2v) is 13.4. The number of hydrogen-bond acceptors (Lipinski definition) is 8. The Kier molecular flexibility index (Phi) is 8.58. The Hall–Kier alpha value is -1.77.